The zero-order valence-electron chi connectivity index (χ0n) is 11.6. The molecule has 2 rings (SSSR count). The van der Waals surface area contributed by atoms with E-state index in [0.717, 1.165) is 0 Å². The highest BCUT2D eigenvalue weighted by atomic mass is 16.6. The second-order valence-electron chi connectivity index (χ2n) is 4.58. The van der Waals surface area contributed by atoms with Crippen molar-refractivity contribution >= 4 is 17.3 Å². The summed E-state index contributed by atoms with van der Waals surface area (Å²) in [7, 11) is 3.47. The molecule has 1 aromatic carbocycles. The number of anilines is 1. The highest BCUT2D eigenvalue weighted by Crippen LogP contribution is 2.29. The molecule has 110 valence electrons. The lowest BCUT2D eigenvalue weighted by molar-refractivity contribution is -0.384. The van der Waals surface area contributed by atoms with Crippen LogP contribution in [0, 0.1) is 10.1 Å². The minimum absolute atomic E-state index is 0.00212. The van der Waals surface area contributed by atoms with Gasteiger partial charge in [-0.1, -0.05) is 0 Å². The van der Waals surface area contributed by atoms with Crippen molar-refractivity contribution in [1.29, 1.82) is 0 Å². The minimum atomic E-state index is -1.13. The van der Waals surface area contributed by atoms with Crippen molar-refractivity contribution in [2.45, 2.75) is 6.54 Å². The lowest BCUT2D eigenvalue weighted by Gasteiger charge is -2.19. The van der Waals surface area contributed by atoms with Crippen LogP contribution in [0.15, 0.2) is 30.6 Å². The molecule has 1 aromatic heterocycles. The summed E-state index contributed by atoms with van der Waals surface area (Å²) in [5.41, 5.74) is 0.0990. The summed E-state index contributed by atoms with van der Waals surface area (Å²) in [5, 5.41) is 20.1. The van der Waals surface area contributed by atoms with Crippen molar-refractivity contribution in [3.05, 3.63) is 52.1 Å². The molecule has 21 heavy (non-hydrogen) atoms. The third kappa shape index (κ3) is 2.99. The average Bonchev–Trinajstić information content (AvgIpc) is 2.83. The number of carboxylic acids is 1. The molecule has 0 aliphatic carbocycles. The van der Waals surface area contributed by atoms with E-state index in [1.807, 2.05) is 7.05 Å². The van der Waals surface area contributed by atoms with Crippen LogP contribution in [0.4, 0.5) is 11.4 Å². The Morgan fingerprint density at radius 3 is 2.76 bits per heavy atom. The number of aromatic nitrogens is 2. The molecule has 0 bridgehead atoms. The summed E-state index contributed by atoms with van der Waals surface area (Å²) in [6, 6.07) is 3.72. The number of carbonyl (C=O) groups is 1. The first kappa shape index (κ1) is 14.5. The number of nitrogens with zero attached hydrogens (tertiary/aromatic N) is 4. The fraction of sp³-hybridized carbons (Fsp3) is 0.231. The Kier molecular flexibility index (Phi) is 3.88. The molecule has 0 aliphatic heterocycles. The standard InChI is InChI=1S/C13H14N4O4/c1-15-6-5-14-12(15)8-16(2)11-7-9(13(18)19)3-4-10(11)17(20)21/h3-7H,8H2,1-2H3,(H,18,19). The predicted octanol–water partition coefficient (Wildman–Crippen LogP) is 1.66. The van der Waals surface area contributed by atoms with Crippen molar-refractivity contribution in [2.24, 2.45) is 7.05 Å². The number of aryl methyl sites for hydroxylation is 1. The van der Waals surface area contributed by atoms with Gasteiger partial charge in [-0.05, 0) is 12.1 Å². The molecule has 0 spiro atoms. The van der Waals surface area contributed by atoms with Crippen molar-refractivity contribution in [3.8, 4) is 0 Å². The number of rotatable bonds is 5. The van der Waals surface area contributed by atoms with E-state index in [1.54, 1.807) is 28.9 Å². The van der Waals surface area contributed by atoms with Crippen molar-refractivity contribution < 1.29 is 14.8 Å². The summed E-state index contributed by atoms with van der Waals surface area (Å²) in [4.78, 5) is 27.3. The lowest BCUT2D eigenvalue weighted by Crippen LogP contribution is -2.20. The van der Waals surface area contributed by atoms with E-state index in [-0.39, 0.29) is 16.9 Å². The zero-order valence-corrected chi connectivity index (χ0v) is 11.6. The Hall–Kier alpha value is -2.90. The molecule has 1 N–H and O–H groups in total. The molecule has 2 aromatic rings. The van der Waals surface area contributed by atoms with Gasteiger partial charge in [0.05, 0.1) is 17.0 Å². The molecular formula is C13H14N4O4. The molecule has 1 heterocycles. The zero-order chi connectivity index (χ0) is 15.6. The smallest absolute Gasteiger partial charge is 0.335 e. The van der Waals surface area contributed by atoms with Gasteiger partial charge in [0, 0.05) is 32.6 Å². The van der Waals surface area contributed by atoms with Gasteiger partial charge in [-0.15, -0.1) is 0 Å². The molecule has 0 amide bonds. The Bertz CT molecular complexity index is 695. The number of carboxylic acid groups (broad SMARTS) is 1. The normalized spacial score (nSPS) is 10.4. The van der Waals surface area contributed by atoms with Crippen LogP contribution < -0.4 is 4.90 Å². The Morgan fingerprint density at radius 2 is 2.24 bits per heavy atom. The van der Waals surface area contributed by atoms with E-state index in [0.29, 0.717) is 12.4 Å². The third-order valence-corrected chi connectivity index (χ3v) is 3.13. The molecular weight excluding hydrogens is 276 g/mol. The molecule has 0 fully saturated rings. The van der Waals surface area contributed by atoms with E-state index >= 15 is 0 Å². The number of hydrogen-bond donors (Lipinski definition) is 1. The van der Waals surface area contributed by atoms with Crippen LogP contribution in [0.1, 0.15) is 16.2 Å². The van der Waals surface area contributed by atoms with Gasteiger partial charge >= 0.3 is 5.97 Å². The monoisotopic (exact) mass is 290 g/mol. The van der Waals surface area contributed by atoms with Crippen LogP contribution in [0.2, 0.25) is 0 Å². The molecule has 0 saturated heterocycles. The summed E-state index contributed by atoms with van der Waals surface area (Å²) < 4.78 is 1.80. The maximum atomic E-state index is 11.1. The van der Waals surface area contributed by atoms with Crippen molar-refractivity contribution in [3.63, 3.8) is 0 Å². The van der Waals surface area contributed by atoms with Crippen LogP contribution >= 0.6 is 0 Å². The fourth-order valence-electron chi connectivity index (χ4n) is 1.96. The Labute approximate surface area is 120 Å². The van der Waals surface area contributed by atoms with Crippen LogP contribution in [0.25, 0.3) is 0 Å². The van der Waals surface area contributed by atoms with Crippen LogP contribution in [0.3, 0.4) is 0 Å². The largest absolute Gasteiger partial charge is 0.478 e. The van der Waals surface area contributed by atoms with Gasteiger partial charge in [-0.25, -0.2) is 9.78 Å². The number of hydrogen-bond acceptors (Lipinski definition) is 5. The first-order valence-electron chi connectivity index (χ1n) is 6.09. The molecule has 8 nitrogen and oxygen atoms in total. The quantitative estimate of drug-likeness (QED) is 0.663. The van der Waals surface area contributed by atoms with Crippen LogP contribution in [0.5, 0.6) is 0 Å². The van der Waals surface area contributed by atoms with E-state index in [1.165, 1.54) is 18.2 Å². The van der Waals surface area contributed by atoms with Gasteiger partial charge in [-0.3, -0.25) is 10.1 Å². The fourth-order valence-corrected chi connectivity index (χ4v) is 1.96. The van der Waals surface area contributed by atoms with E-state index < -0.39 is 10.9 Å². The van der Waals surface area contributed by atoms with Crippen molar-refractivity contribution in [1.82, 2.24) is 9.55 Å². The number of benzene rings is 1. The summed E-state index contributed by atoms with van der Waals surface area (Å²) in [5.74, 6) is -0.413. The first-order valence-corrected chi connectivity index (χ1v) is 6.09. The maximum absolute atomic E-state index is 11.1. The van der Waals surface area contributed by atoms with Crippen molar-refractivity contribution in [2.75, 3.05) is 11.9 Å². The van der Waals surface area contributed by atoms with E-state index in [9.17, 15) is 14.9 Å². The highest BCUT2D eigenvalue weighted by molar-refractivity contribution is 5.90. The van der Waals surface area contributed by atoms with E-state index in [4.69, 9.17) is 5.11 Å². The second-order valence-corrected chi connectivity index (χ2v) is 4.58. The summed E-state index contributed by atoms with van der Waals surface area (Å²) >= 11 is 0. The van der Waals surface area contributed by atoms with Crippen LogP contribution in [-0.4, -0.2) is 32.6 Å². The maximum Gasteiger partial charge on any atom is 0.335 e. The SMILES string of the molecule is CN(Cc1nccn1C)c1cc(C(=O)O)ccc1[N+](=O)[O-]. The van der Waals surface area contributed by atoms with E-state index in [2.05, 4.69) is 4.98 Å². The van der Waals surface area contributed by atoms with Gasteiger partial charge < -0.3 is 14.6 Å². The molecule has 0 saturated carbocycles. The molecule has 0 aliphatic rings. The second kappa shape index (κ2) is 5.61. The lowest BCUT2D eigenvalue weighted by atomic mass is 10.1. The van der Waals surface area contributed by atoms with Gasteiger partial charge in [-0.2, -0.15) is 0 Å². The third-order valence-electron chi connectivity index (χ3n) is 3.13. The van der Waals surface area contributed by atoms with Gasteiger partial charge in [0.2, 0.25) is 0 Å². The summed E-state index contributed by atoms with van der Waals surface area (Å²) in [6.45, 7) is 0.327. The number of aromatic carboxylic acids is 1. The van der Waals surface area contributed by atoms with Crippen LogP contribution in [-0.2, 0) is 13.6 Å². The van der Waals surface area contributed by atoms with Gasteiger partial charge in [0.1, 0.15) is 11.5 Å². The number of imidazole rings is 1. The van der Waals surface area contributed by atoms with Gasteiger partial charge in [0.15, 0.2) is 0 Å². The number of nitro benzene ring substituents is 1. The average molecular weight is 290 g/mol. The first-order chi connectivity index (χ1) is 9.90. The molecule has 0 unspecified atom stereocenters. The Balaban J connectivity index is 2.39. The molecule has 0 radical (unpaired) electrons. The molecule has 0 atom stereocenters. The minimum Gasteiger partial charge on any atom is -0.478 e. The summed E-state index contributed by atoms with van der Waals surface area (Å²) in [6.07, 6.45) is 3.40. The molecule has 8 heteroatoms. The Morgan fingerprint density at radius 1 is 1.52 bits per heavy atom. The predicted molar refractivity (Wildman–Crippen MR) is 75.4 cm³/mol. The van der Waals surface area contributed by atoms with Gasteiger partial charge in [0.25, 0.3) is 5.69 Å². The highest BCUT2D eigenvalue weighted by Gasteiger charge is 2.20. The topological polar surface area (TPSA) is 102 Å². The number of nitro groups is 1.